The summed E-state index contributed by atoms with van der Waals surface area (Å²) in [7, 11) is 0. The fourth-order valence-corrected chi connectivity index (χ4v) is 1.55. The van der Waals surface area contributed by atoms with Gasteiger partial charge in [-0.3, -0.25) is 10.1 Å². The first-order valence-corrected chi connectivity index (χ1v) is 5.83. The molecule has 0 aliphatic carbocycles. The van der Waals surface area contributed by atoms with Gasteiger partial charge in [-0.05, 0) is 17.7 Å². The summed E-state index contributed by atoms with van der Waals surface area (Å²) in [6.07, 6.45) is -0.0686. The number of nitrogens with one attached hydrogen (secondary N) is 1. The van der Waals surface area contributed by atoms with Crippen LogP contribution in [0.4, 0.5) is 5.69 Å². The van der Waals surface area contributed by atoms with E-state index in [9.17, 15) is 20.3 Å². The molecule has 1 aromatic carbocycles. The van der Waals surface area contributed by atoms with E-state index in [0.717, 1.165) is 6.20 Å². The van der Waals surface area contributed by atoms with Crippen molar-refractivity contribution in [2.45, 2.75) is 12.1 Å². The van der Waals surface area contributed by atoms with Crippen molar-refractivity contribution in [3.05, 3.63) is 51.7 Å². The van der Waals surface area contributed by atoms with Crippen LogP contribution in [0.2, 0.25) is 0 Å². The molecule has 1 rings (SSSR count). The molecule has 0 aliphatic rings. The zero-order valence-electron chi connectivity index (χ0n) is 10.8. The van der Waals surface area contributed by atoms with Gasteiger partial charge in [-0.2, -0.15) is 10.5 Å². The average molecular weight is 288 g/mol. The van der Waals surface area contributed by atoms with Crippen LogP contribution in [-0.4, -0.2) is 27.8 Å². The number of allylic oxidation sites excluding steroid dienone is 1. The van der Waals surface area contributed by atoms with Gasteiger partial charge in [-0.25, -0.2) is 0 Å². The summed E-state index contributed by atoms with van der Waals surface area (Å²) in [5.41, 5.74) is 0.0379. The van der Waals surface area contributed by atoms with E-state index in [2.05, 4.69) is 5.32 Å². The Hall–Kier alpha value is -2.94. The van der Waals surface area contributed by atoms with Crippen molar-refractivity contribution < 1.29 is 15.1 Å². The number of nitriles is 2. The molecule has 0 unspecified atom stereocenters. The Bertz CT molecular complexity index is 597. The molecule has 2 atom stereocenters. The smallest absolute Gasteiger partial charge is 0.269 e. The van der Waals surface area contributed by atoms with E-state index >= 15 is 0 Å². The summed E-state index contributed by atoms with van der Waals surface area (Å²) in [6, 6.07) is 7.60. The summed E-state index contributed by atoms with van der Waals surface area (Å²) in [4.78, 5) is 9.97. The van der Waals surface area contributed by atoms with Crippen molar-refractivity contribution >= 4 is 5.69 Å². The first-order chi connectivity index (χ1) is 10.0. The number of hydrogen-bond donors (Lipinski definition) is 3. The highest BCUT2D eigenvalue weighted by molar-refractivity contribution is 5.35. The van der Waals surface area contributed by atoms with Crippen LogP contribution in [0.1, 0.15) is 11.7 Å². The number of rotatable bonds is 6. The highest BCUT2D eigenvalue weighted by Gasteiger charge is 2.20. The normalized spacial score (nSPS) is 12.4. The Kier molecular flexibility index (Phi) is 5.83. The molecular formula is C13H12N4O4. The lowest BCUT2D eigenvalue weighted by atomic mass is 10.0. The summed E-state index contributed by atoms with van der Waals surface area (Å²) in [5.74, 6) is 0. The number of nitro benzene ring substituents is 1. The Morgan fingerprint density at radius 3 is 2.38 bits per heavy atom. The number of non-ortho nitro benzene ring substituents is 1. The summed E-state index contributed by atoms with van der Waals surface area (Å²) in [6.45, 7) is -0.460. The third kappa shape index (κ3) is 4.28. The van der Waals surface area contributed by atoms with Crippen molar-refractivity contribution in [1.29, 1.82) is 10.5 Å². The van der Waals surface area contributed by atoms with E-state index in [1.165, 1.54) is 24.3 Å². The van der Waals surface area contributed by atoms with Crippen LogP contribution in [0.3, 0.4) is 0 Å². The van der Waals surface area contributed by atoms with E-state index < -0.39 is 23.7 Å². The van der Waals surface area contributed by atoms with Gasteiger partial charge in [0.25, 0.3) is 5.69 Å². The molecule has 0 aliphatic heterocycles. The lowest BCUT2D eigenvalue weighted by Crippen LogP contribution is -2.35. The second-order valence-corrected chi connectivity index (χ2v) is 4.03. The first-order valence-electron chi connectivity index (χ1n) is 5.83. The Balaban J connectivity index is 2.86. The third-order valence-corrected chi connectivity index (χ3v) is 2.71. The van der Waals surface area contributed by atoms with Crippen molar-refractivity contribution in [1.82, 2.24) is 5.32 Å². The van der Waals surface area contributed by atoms with E-state index in [0.29, 0.717) is 5.56 Å². The molecule has 0 fully saturated rings. The van der Waals surface area contributed by atoms with Gasteiger partial charge in [-0.15, -0.1) is 0 Å². The fourth-order valence-electron chi connectivity index (χ4n) is 1.55. The topological polar surface area (TPSA) is 143 Å². The van der Waals surface area contributed by atoms with E-state index in [1.807, 2.05) is 0 Å². The maximum Gasteiger partial charge on any atom is 0.269 e. The van der Waals surface area contributed by atoms with E-state index in [1.54, 1.807) is 12.1 Å². The lowest BCUT2D eigenvalue weighted by Gasteiger charge is -2.21. The number of aliphatic hydroxyl groups excluding tert-OH is 2. The number of hydrogen-bond acceptors (Lipinski definition) is 7. The molecule has 0 aromatic heterocycles. The molecule has 0 bridgehead atoms. The number of benzene rings is 1. The molecule has 1 aromatic rings. The highest BCUT2D eigenvalue weighted by atomic mass is 16.6. The van der Waals surface area contributed by atoms with Crippen molar-refractivity contribution in [2.75, 3.05) is 6.61 Å². The Morgan fingerprint density at radius 2 is 1.95 bits per heavy atom. The molecule has 108 valence electrons. The number of aliphatic hydroxyl groups is 2. The molecule has 0 heterocycles. The van der Waals surface area contributed by atoms with Crippen molar-refractivity contribution in [3.8, 4) is 12.1 Å². The van der Waals surface area contributed by atoms with Gasteiger partial charge in [-0.1, -0.05) is 0 Å². The Morgan fingerprint density at radius 1 is 1.38 bits per heavy atom. The van der Waals surface area contributed by atoms with Gasteiger partial charge in [0.2, 0.25) is 0 Å². The minimum atomic E-state index is -1.16. The van der Waals surface area contributed by atoms with Gasteiger partial charge < -0.3 is 15.5 Å². The maximum atomic E-state index is 10.5. The quantitative estimate of drug-likeness (QED) is 0.393. The molecule has 0 amide bonds. The van der Waals surface area contributed by atoms with Gasteiger partial charge in [0.15, 0.2) is 0 Å². The molecular weight excluding hydrogens is 276 g/mol. The second-order valence-electron chi connectivity index (χ2n) is 4.03. The highest BCUT2D eigenvalue weighted by Crippen LogP contribution is 2.20. The molecule has 0 saturated heterocycles. The fraction of sp³-hybridized carbons (Fsp3) is 0.231. The predicted octanol–water partition coefficient (Wildman–Crippen LogP) is 0.510. The third-order valence-electron chi connectivity index (χ3n) is 2.71. The molecule has 0 saturated carbocycles. The monoisotopic (exact) mass is 288 g/mol. The number of nitro groups is 1. The average Bonchev–Trinajstić information content (AvgIpc) is 2.51. The largest absolute Gasteiger partial charge is 0.394 e. The zero-order valence-corrected chi connectivity index (χ0v) is 10.8. The molecule has 8 heteroatoms. The SMILES string of the molecule is N#CC(C#N)=CN[C@@H](CO)[C@H](O)c1ccc([N+](=O)[O-])cc1. The summed E-state index contributed by atoms with van der Waals surface area (Å²) >= 11 is 0. The van der Waals surface area contributed by atoms with Crippen LogP contribution >= 0.6 is 0 Å². The molecule has 0 radical (unpaired) electrons. The van der Waals surface area contributed by atoms with Gasteiger partial charge >= 0.3 is 0 Å². The summed E-state index contributed by atoms with van der Waals surface area (Å²) in [5, 5.41) is 49.6. The molecule has 0 spiro atoms. The van der Waals surface area contributed by atoms with E-state index in [4.69, 9.17) is 10.5 Å². The lowest BCUT2D eigenvalue weighted by molar-refractivity contribution is -0.384. The van der Waals surface area contributed by atoms with Gasteiger partial charge in [0.05, 0.1) is 17.6 Å². The zero-order chi connectivity index (χ0) is 15.8. The minimum absolute atomic E-state index is 0.115. The van der Waals surface area contributed by atoms with Crippen LogP contribution < -0.4 is 5.32 Å². The van der Waals surface area contributed by atoms with Crippen LogP contribution in [-0.2, 0) is 0 Å². The molecule has 3 N–H and O–H groups in total. The minimum Gasteiger partial charge on any atom is -0.394 e. The first kappa shape index (κ1) is 16.1. The van der Waals surface area contributed by atoms with Gasteiger partial charge in [0.1, 0.15) is 23.8 Å². The van der Waals surface area contributed by atoms with Crippen LogP contribution in [0.25, 0.3) is 0 Å². The van der Waals surface area contributed by atoms with E-state index in [-0.39, 0.29) is 11.3 Å². The van der Waals surface area contributed by atoms with Crippen LogP contribution in [0, 0.1) is 32.8 Å². The molecule has 8 nitrogen and oxygen atoms in total. The van der Waals surface area contributed by atoms with Crippen LogP contribution in [0.15, 0.2) is 36.0 Å². The molecule has 21 heavy (non-hydrogen) atoms. The predicted molar refractivity (Wildman–Crippen MR) is 71.4 cm³/mol. The van der Waals surface area contributed by atoms with Gasteiger partial charge in [0, 0.05) is 18.3 Å². The standard InChI is InChI=1S/C13H12N4O4/c14-5-9(6-15)7-16-12(8-18)13(19)10-1-3-11(4-2-10)17(20)21/h1-4,7,12-13,16,18-19H,8H2/t12-,13+/m0/s1. The van der Waals surface area contributed by atoms with Crippen molar-refractivity contribution in [2.24, 2.45) is 0 Å². The van der Waals surface area contributed by atoms with Crippen LogP contribution in [0.5, 0.6) is 0 Å². The number of nitrogens with zero attached hydrogens (tertiary/aromatic N) is 3. The Labute approximate surface area is 120 Å². The maximum absolute atomic E-state index is 10.5. The summed E-state index contributed by atoms with van der Waals surface area (Å²) < 4.78 is 0. The van der Waals surface area contributed by atoms with Crippen molar-refractivity contribution in [3.63, 3.8) is 0 Å². The second kappa shape index (κ2) is 7.60.